The Bertz CT molecular complexity index is 710. The van der Waals surface area contributed by atoms with Crippen molar-refractivity contribution < 1.29 is 14.3 Å². The molecule has 2 N–H and O–H groups in total. The molecule has 6 nitrogen and oxygen atoms in total. The molecule has 0 radical (unpaired) electrons. The van der Waals surface area contributed by atoms with Crippen molar-refractivity contribution in [2.24, 2.45) is 5.92 Å². The quantitative estimate of drug-likeness (QED) is 0.659. The summed E-state index contributed by atoms with van der Waals surface area (Å²) >= 11 is 0. The fourth-order valence-corrected chi connectivity index (χ4v) is 2.36. The Balaban J connectivity index is 0.00000182. The lowest BCUT2D eigenvalue weighted by molar-refractivity contribution is -0.120. The molecule has 1 saturated carbocycles. The van der Waals surface area contributed by atoms with Crippen LogP contribution in [0.1, 0.15) is 18.4 Å². The van der Waals surface area contributed by atoms with E-state index in [0.29, 0.717) is 24.7 Å². The summed E-state index contributed by atoms with van der Waals surface area (Å²) in [6, 6.07) is 11.0. The van der Waals surface area contributed by atoms with Gasteiger partial charge in [0.2, 0.25) is 11.8 Å². The summed E-state index contributed by atoms with van der Waals surface area (Å²) in [7, 11) is 1.62. The molecule has 1 amide bonds. The zero-order chi connectivity index (χ0) is 17.5. The minimum Gasteiger partial charge on any atom is -0.497 e. The molecule has 0 unspecified atom stereocenters. The van der Waals surface area contributed by atoms with Crippen LogP contribution in [0.2, 0.25) is 0 Å². The number of hydrogen-bond donors (Lipinski definition) is 2. The van der Waals surface area contributed by atoms with Gasteiger partial charge in [0.1, 0.15) is 11.5 Å². The van der Waals surface area contributed by atoms with Crippen molar-refractivity contribution >= 4 is 30.7 Å². The van der Waals surface area contributed by atoms with E-state index in [1.165, 1.54) is 12.8 Å². The highest BCUT2D eigenvalue weighted by molar-refractivity contribution is 5.85. The lowest BCUT2D eigenvalue weighted by Crippen LogP contribution is -2.34. The zero-order valence-electron chi connectivity index (χ0n) is 15.1. The van der Waals surface area contributed by atoms with E-state index < -0.39 is 0 Å². The number of pyridine rings is 1. The number of carbonyl (C=O) groups excluding carboxylic acids is 1. The lowest BCUT2D eigenvalue weighted by Gasteiger charge is -2.09. The minimum atomic E-state index is -0.00455. The lowest BCUT2D eigenvalue weighted by atomic mass is 10.2. The van der Waals surface area contributed by atoms with Gasteiger partial charge in [-0.05, 0) is 61.2 Å². The molecular formula is C19H25Cl2N3O3. The van der Waals surface area contributed by atoms with Crippen molar-refractivity contribution in [3.63, 3.8) is 0 Å². The summed E-state index contributed by atoms with van der Waals surface area (Å²) in [4.78, 5) is 16.0. The van der Waals surface area contributed by atoms with E-state index in [4.69, 9.17) is 9.47 Å². The molecule has 0 spiro atoms. The van der Waals surface area contributed by atoms with Crippen molar-refractivity contribution in [1.82, 2.24) is 15.6 Å². The number of benzene rings is 1. The maximum atomic E-state index is 11.8. The molecule has 148 valence electrons. The monoisotopic (exact) mass is 413 g/mol. The van der Waals surface area contributed by atoms with Crippen LogP contribution in [0.4, 0.5) is 0 Å². The molecular weight excluding hydrogens is 389 g/mol. The Kier molecular flexibility index (Phi) is 9.93. The number of rotatable bonds is 9. The third-order valence-electron chi connectivity index (χ3n) is 3.99. The van der Waals surface area contributed by atoms with Gasteiger partial charge in [-0.1, -0.05) is 0 Å². The number of nitrogens with one attached hydrogen (secondary N) is 2. The Morgan fingerprint density at radius 3 is 2.52 bits per heavy atom. The van der Waals surface area contributed by atoms with Gasteiger partial charge in [-0.3, -0.25) is 4.79 Å². The number of aromatic nitrogens is 1. The van der Waals surface area contributed by atoms with Crippen LogP contribution < -0.4 is 20.1 Å². The molecule has 2 aromatic rings. The average molecular weight is 414 g/mol. The minimum absolute atomic E-state index is 0. The van der Waals surface area contributed by atoms with Crippen molar-refractivity contribution in [2.75, 3.05) is 20.2 Å². The second kappa shape index (κ2) is 11.6. The highest BCUT2D eigenvalue weighted by atomic mass is 35.5. The van der Waals surface area contributed by atoms with E-state index in [1.807, 2.05) is 36.4 Å². The summed E-state index contributed by atoms with van der Waals surface area (Å²) in [5.74, 6) is 2.70. The van der Waals surface area contributed by atoms with E-state index in [0.717, 1.165) is 23.8 Å². The van der Waals surface area contributed by atoms with Crippen LogP contribution >= 0.6 is 24.8 Å². The van der Waals surface area contributed by atoms with Gasteiger partial charge in [0.05, 0.1) is 13.7 Å². The summed E-state index contributed by atoms with van der Waals surface area (Å²) in [5, 5.41) is 6.08. The first kappa shape index (κ1) is 23.0. The number of ether oxygens (including phenoxy) is 2. The predicted octanol–water partition coefficient (Wildman–Crippen LogP) is 3.34. The average Bonchev–Trinajstić information content (AvgIpc) is 3.45. The number of amides is 1. The molecule has 1 aromatic carbocycles. The largest absolute Gasteiger partial charge is 0.497 e. The summed E-state index contributed by atoms with van der Waals surface area (Å²) in [5.41, 5.74) is 0.939. The van der Waals surface area contributed by atoms with Gasteiger partial charge in [0, 0.05) is 18.8 Å². The first-order valence-electron chi connectivity index (χ1n) is 8.47. The molecule has 0 atom stereocenters. The third-order valence-corrected chi connectivity index (χ3v) is 3.99. The van der Waals surface area contributed by atoms with Crippen LogP contribution in [0, 0.1) is 5.92 Å². The Morgan fingerprint density at radius 2 is 1.85 bits per heavy atom. The fraction of sp³-hybridized carbons (Fsp3) is 0.368. The molecule has 3 rings (SSSR count). The van der Waals surface area contributed by atoms with Crippen LogP contribution in [0.15, 0.2) is 42.6 Å². The van der Waals surface area contributed by atoms with E-state index in [1.54, 1.807) is 13.3 Å². The first-order chi connectivity index (χ1) is 12.2. The van der Waals surface area contributed by atoms with E-state index in [2.05, 4.69) is 15.6 Å². The van der Waals surface area contributed by atoms with E-state index >= 15 is 0 Å². The SMILES string of the molecule is COc1ccc(Oc2cc(CNC(=O)CNCC3CC3)ccn2)cc1.Cl.Cl. The number of nitrogens with zero attached hydrogens (tertiary/aromatic N) is 1. The van der Waals surface area contributed by atoms with E-state index in [-0.39, 0.29) is 30.7 Å². The number of halogens is 2. The third kappa shape index (κ3) is 8.03. The highest BCUT2D eigenvalue weighted by Gasteiger charge is 2.20. The molecule has 0 aliphatic heterocycles. The van der Waals surface area contributed by atoms with Gasteiger partial charge >= 0.3 is 0 Å². The van der Waals surface area contributed by atoms with Crippen LogP contribution in [0.25, 0.3) is 0 Å². The fourth-order valence-electron chi connectivity index (χ4n) is 2.36. The molecule has 0 bridgehead atoms. The van der Waals surface area contributed by atoms with Crippen LogP contribution in [-0.4, -0.2) is 31.1 Å². The van der Waals surface area contributed by atoms with Crippen LogP contribution in [-0.2, 0) is 11.3 Å². The van der Waals surface area contributed by atoms with Gasteiger partial charge in [0.15, 0.2) is 0 Å². The molecule has 27 heavy (non-hydrogen) atoms. The number of hydrogen-bond acceptors (Lipinski definition) is 5. The van der Waals surface area contributed by atoms with Gasteiger partial charge < -0.3 is 20.1 Å². The van der Waals surface area contributed by atoms with E-state index in [9.17, 15) is 4.79 Å². The zero-order valence-corrected chi connectivity index (χ0v) is 16.8. The van der Waals surface area contributed by atoms with Crippen LogP contribution in [0.3, 0.4) is 0 Å². The maximum absolute atomic E-state index is 11.8. The summed E-state index contributed by atoms with van der Waals surface area (Å²) in [6.07, 6.45) is 4.23. The number of carbonyl (C=O) groups is 1. The molecule has 8 heteroatoms. The predicted molar refractivity (Wildman–Crippen MR) is 109 cm³/mol. The Hall–Kier alpha value is -2.02. The second-order valence-electron chi connectivity index (χ2n) is 6.13. The smallest absolute Gasteiger partial charge is 0.234 e. The van der Waals surface area contributed by atoms with Crippen molar-refractivity contribution in [2.45, 2.75) is 19.4 Å². The summed E-state index contributed by atoms with van der Waals surface area (Å²) in [6.45, 7) is 1.74. The van der Waals surface area contributed by atoms with Gasteiger partial charge in [0.25, 0.3) is 0 Å². The van der Waals surface area contributed by atoms with Gasteiger partial charge in [-0.25, -0.2) is 4.98 Å². The molecule has 1 aliphatic carbocycles. The van der Waals surface area contributed by atoms with Gasteiger partial charge in [-0.2, -0.15) is 0 Å². The molecule has 1 aliphatic rings. The second-order valence-corrected chi connectivity index (χ2v) is 6.13. The van der Waals surface area contributed by atoms with Crippen LogP contribution in [0.5, 0.6) is 17.4 Å². The normalized spacial score (nSPS) is 12.3. The molecule has 0 saturated heterocycles. The molecule has 1 aromatic heterocycles. The van der Waals surface area contributed by atoms with Gasteiger partial charge in [-0.15, -0.1) is 24.8 Å². The van der Waals surface area contributed by atoms with Crippen molar-refractivity contribution in [1.29, 1.82) is 0 Å². The summed E-state index contributed by atoms with van der Waals surface area (Å²) < 4.78 is 10.9. The standard InChI is InChI=1S/C19H23N3O3.2ClH/c1-24-16-4-6-17(7-5-16)25-19-10-15(8-9-21-19)12-22-18(23)13-20-11-14-2-3-14;;/h4-10,14,20H,2-3,11-13H2,1H3,(H,22,23);2*1H. The Labute approximate surface area is 171 Å². The molecule has 1 heterocycles. The topological polar surface area (TPSA) is 72.5 Å². The maximum Gasteiger partial charge on any atom is 0.234 e. The molecule has 1 fully saturated rings. The van der Waals surface area contributed by atoms with Crippen molar-refractivity contribution in [3.8, 4) is 17.4 Å². The highest BCUT2D eigenvalue weighted by Crippen LogP contribution is 2.27. The first-order valence-corrected chi connectivity index (χ1v) is 8.47. The Morgan fingerprint density at radius 1 is 1.15 bits per heavy atom. The van der Waals surface area contributed by atoms with Crippen molar-refractivity contribution in [3.05, 3.63) is 48.2 Å². The number of methoxy groups -OCH3 is 1.